The number of esters is 2. The number of aliphatic hydroxyl groups is 1. The highest BCUT2D eigenvalue weighted by Crippen LogP contribution is 2.51. The van der Waals surface area contributed by atoms with Gasteiger partial charge in [0.05, 0.1) is 17.9 Å². The Morgan fingerprint density at radius 2 is 1.60 bits per heavy atom. The predicted molar refractivity (Wildman–Crippen MR) is 156 cm³/mol. The normalized spacial score (nSPS) is 16.5. The first-order valence-corrected chi connectivity index (χ1v) is 13.9. The van der Waals surface area contributed by atoms with Crippen molar-refractivity contribution in [3.05, 3.63) is 94.3 Å². The number of rotatable bonds is 10. The number of methoxy groups -OCH3 is 1. The topological polar surface area (TPSA) is 124 Å². The van der Waals surface area contributed by atoms with E-state index in [2.05, 4.69) is 58.8 Å². The maximum Gasteiger partial charge on any atom is 0.328 e. The van der Waals surface area contributed by atoms with E-state index >= 15 is 0 Å². The number of pyridine rings is 1. The van der Waals surface area contributed by atoms with Crippen molar-refractivity contribution in [3.63, 3.8) is 0 Å². The Bertz CT molecular complexity index is 1400. The van der Waals surface area contributed by atoms with Gasteiger partial charge in [-0.15, -0.1) is 0 Å². The van der Waals surface area contributed by atoms with Gasteiger partial charge in [0.1, 0.15) is 23.6 Å². The van der Waals surface area contributed by atoms with Crippen molar-refractivity contribution in [2.45, 2.75) is 70.4 Å². The fourth-order valence-electron chi connectivity index (χ4n) is 5.54. The highest BCUT2D eigenvalue weighted by atomic mass is 16.6. The van der Waals surface area contributed by atoms with Crippen LogP contribution < -0.4 is 10.1 Å². The lowest BCUT2D eigenvalue weighted by molar-refractivity contribution is -0.160. The van der Waals surface area contributed by atoms with Gasteiger partial charge in [-0.3, -0.25) is 14.6 Å². The minimum atomic E-state index is -1.40. The van der Waals surface area contributed by atoms with E-state index in [1.807, 2.05) is 13.8 Å². The zero-order chi connectivity index (χ0) is 30.7. The standard InChI is InChI=1S/C33H38N2O7/c1-20-7-11-23(12-8-20)33(24-13-9-21(2)10-14-24)17-15-26(33)42-30(38)22(3)35-29(37)28-27(25(40-6)16-18-34-28)32(4,5)31(39)41-19-36/h7-14,16,18,22,26,36H,15,17,19H2,1-6H3,(H,35,37)/t22-,26-/m0/s1. The third-order valence-corrected chi connectivity index (χ3v) is 8.12. The third kappa shape index (κ3) is 5.74. The van der Waals surface area contributed by atoms with Crippen LogP contribution in [0.25, 0.3) is 0 Å². The first kappa shape index (κ1) is 30.7. The van der Waals surface area contributed by atoms with Crippen LogP contribution >= 0.6 is 0 Å². The SMILES string of the molecule is COc1ccnc(C(=O)N[C@@H](C)C(=O)O[C@H]2CCC2(c2ccc(C)cc2)c2ccc(C)cc2)c1C(C)(C)C(=O)OCO. The number of aliphatic hydroxyl groups excluding tert-OH is 1. The molecule has 1 aliphatic carbocycles. The van der Waals surface area contributed by atoms with Crippen LogP contribution in [0.1, 0.15) is 71.9 Å². The van der Waals surface area contributed by atoms with E-state index in [0.29, 0.717) is 6.42 Å². The molecule has 1 fully saturated rings. The van der Waals surface area contributed by atoms with Crippen LogP contribution in [-0.4, -0.2) is 54.0 Å². The van der Waals surface area contributed by atoms with E-state index in [1.54, 1.807) is 6.92 Å². The predicted octanol–water partition coefficient (Wildman–Crippen LogP) is 4.29. The number of aryl methyl sites for hydroxylation is 2. The third-order valence-electron chi connectivity index (χ3n) is 8.12. The molecule has 1 aliphatic rings. The summed E-state index contributed by atoms with van der Waals surface area (Å²) in [5.74, 6) is -1.80. The minimum Gasteiger partial charge on any atom is -0.496 e. The molecule has 1 heterocycles. The molecule has 0 spiro atoms. The Hall–Kier alpha value is -4.24. The monoisotopic (exact) mass is 574 g/mol. The van der Waals surface area contributed by atoms with Gasteiger partial charge in [-0.2, -0.15) is 0 Å². The largest absolute Gasteiger partial charge is 0.496 e. The van der Waals surface area contributed by atoms with Crippen LogP contribution in [0, 0.1) is 13.8 Å². The Balaban J connectivity index is 1.57. The molecule has 0 saturated heterocycles. The lowest BCUT2D eigenvalue weighted by atomic mass is 9.58. The van der Waals surface area contributed by atoms with E-state index in [4.69, 9.17) is 19.3 Å². The molecule has 1 saturated carbocycles. The van der Waals surface area contributed by atoms with Crippen LogP contribution in [0.3, 0.4) is 0 Å². The average molecular weight is 575 g/mol. The van der Waals surface area contributed by atoms with Crippen LogP contribution in [0.2, 0.25) is 0 Å². The molecule has 222 valence electrons. The van der Waals surface area contributed by atoms with Gasteiger partial charge in [0.25, 0.3) is 5.91 Å². The van der Waals surface area contributed by atoms with Gasteiger partial charge in [0, 0.05) is 11.8 Å². The smallest absolute Gasteiger partial charge is 0.328 e. The second-order valence-electron chi connectivity index (χ2n) is 11.3. The summed E-state index contributed by atoms with van der Waals surface area (Å²) in [6.45, 7) is 7.86. The molecule has 3 aromatic rings. The van der Waals surface area contributed by atoms with Crippen molar-refractivity contribution in [1.29, 1.82) is 0 Å². The molecule has 0 radical (unpaired) electrons. The van der Waals surface area contributed by atoms with E-state index in [9.17, 15) is 14.4 Å². The molecule has 9 nitrogen and oxygen atoms in total. The first-order chi connectivity index (χ1) is 19.9. The second-order valence-corrected chi connectivity index (χ2v) is 11.3. The van der Waals surface area contributed by atoms with E-state index in [0.717, 1.165) is 28.7 Å². The number of ether oxygens (including phenoxy) is 3. The number of amides is 1. The summed E-state index contributed by atoms with van der Waals surface area (Å²) >= 11 is 0. The van der Waals surface area contributed by atoms with E-state index in [-0.39, 0.29) is 17.0 Å². The van der Waals surface area contributed by atoms with E-state index in [1.165, 1.54) is 33.2 Å². The summed E-state index contributed by atoms with van der Waals surface area (Å²) < 4.78 is 16.3. The molecule has 0 bridgehead atoms. The Morgan fingerprint density at radius 3 is 2.07 bits per heavy atom. The van der Waals surface area contributed by atoms with Gasteiger partial charge in [0.15, 0.2) is 6.79 Å². The lowest BCUT2D eigenvalue weighted by Crippen LogP contribution is -2.54. The fourth-order valence-corrected chi connectivity index (χ4v) is 5.54. The summed E-state index contributed by atoms with van der Waals surface area (Å²) in [5, 5.41) is 11.8. The zero-order valence-corrected chi connectivity index (χ0v) is 24.9. The van der Waals surface area contributed by atoms with Crippen molar-refractivity contribution in [1.82, 2.24) is 10.3 Å². The quantitative estimate of drug-likeness (QED) is 0.272. The van der Waals surface area contributed by atoms with Gasteiger partial charge < -0.3 is 24.6 Å². The number of hydrogen-bond acceptors (Lipinski definition) is 8. The maximum absolute atomic E-state index is 13.4. The minimum absolute atomic E-state index is 0.105. The maximum atomic E-state index is 13.4. The molecular weight excluding hydrogens is 536 g/mol. The molecule has 4 rings (SSSR count). The summed E-state index contributed by atoms with van der Waals surface area (Å²) in [4.78, 5) is 43.7. The molecular formula is C33H38N2O7. The molecule has 9 heteroatoms. The highest BCUT2D eigenvalue weighted by molar-refractivity contribution is 5.99. The number of hydrogen-bond donors (Lipinski definition) is 2. The van der Waals surface area contributed by atoms with E-state index < -0.39 is 47.6 Å². The van der Waals surface area contributed by atoms with Crippen LogP contribution in [-0.2, 0) is 29.9 Å². The Kier molecular flexibility index (Phi) is 9.01. The highest BCUT2D eigenvalue weighted by Gasteiger charge is 2.52. The van der Waals surface area contributed by atoms with Crippen molar-refractivity contribution >= 4 is 17.8 Å². The average Bonchev–Trinajstić information content (AvgIpc) is 2.96. The molecule has 0 aliphatic heterocycles. The Morgan fingerprint density at radius 1 is 1.02 bits per heavy atom. The van der Waals surface area contributed by atoms with Gasteiger partial charge in [-0.25, -0.2) is 4.79 Å². The number of benzene rings is 2. The molecule has 2 N–H and O–H groups in total. The summed E-state index contributed by atoms with van der Waals surface area (Å²) in [6, 6.07) is 17.1. The summed E-state index contributed by atoms with van der Waals surface area (Å²) in [6.07, 6.45) is 2.44. The fraction of sp³-hybridized carbons (Fsp3) is 0.394. The van der Waals surface area contributed by atoms with Crippen molar-refractivity contribution in [2.75, 3.05) is 13.9 Å². The van der Waals surface area contributed by atoms with Crippen molar-refractivity contribution in [3.8, 4) is 5.75 Å². The number of carbonyl (C=O) groups is 3. The summed E-state index contributed by atoms with van der Waals surface area (Å²) in [7, 11) is 1.40. The molecule has 2 atom stereocenters. The molecule has 1 aromatic heterocycles. The Labute approximate surface area is 246 Å². The molecule has 42 heavy (non-hydrogen) atoms. The van der Waals surface area contributed by atoms with Crippen molar-refractivity contribution < 1.29 is 33.7 Å². The number of aromatic nitrogens is 1. The van der Waals surface area contributed by atoms with Gasteiger partial charge in [0.2, 0.25) is 0 Å². The van der Waals surface area contributed by atoms with Gasteiger partial charge >= 0.3 is 11.9 Å². The molecule has 0 unspecified atom stereocenters. The van der Waals surface area contributed by atoms with Gasteiger partial charge in [-0.05, 0) is 64.7 Å². The summed E-state index contributed by atoms with van der Waals surface area (Å²) in [5.41, 5.74) is 2.58. The van der Waals surface area contributed by atoms with Crippen LogP contribution in [0.15, 0.2) is 60.8 Å². The van der Waals surface area contributed by atoms with Crippen LogP contribution in [0.4, 0.5) is 0 Å². The second kappa shape index (κ2) is 12.3. The number of nitrogens with one attached hydrogen (secondary N) is 1. The first-order valence-electron chi connectivity index (χ1n) is 13.9. The van der Waals surface area contributed by atoms with Crippen LogP contribution in [0.5, 0.6) is 5.75 Å². The molecule has 1 amide bonds. The number of nitrogens with zero attached hydrogens (tertiary/aromatic N) is 1. The zero-order valence-electron chi connectivity index (χ0n) is 24.9. The number of carbonyl (C=O) groups excluding carboxylic acids is 3. The van der Waals surface area contributed by atoms with Gasteiger partial charge in [-0.1, -0.05) is 59.7 Å². The molecule has 2 aromatic carbocycles. The lowest BCUT2D eigenvalue weighted by Gasteiger charge is -2.49. The van der Waals surface area contributed by atoms with Crippen molar-refractivity contribution in [2.24, 2.45) is 0 Å².